The summed E-state index contributed by atoms with van der Waals surface area (Å²) in [7, 11) is 1.55. The third-order valence-electron chi connectivity index (χ3n) is 9.93. The molecule has 3 unspecified atom stereocenters. The molecule has 1 amide bonds. The number of allylic oxidation sites excluding steroid dienone is 11. The standard InChI is InChI=1S/C49H89N2O6P/c1-6-8-10-12-14-16-18-20-22-23-24-25-26-27-29-31-33-35-37-39-41-43-49(53)50-47(46-57-58(54,55)56-45-44-51(3,4)5)48(52)42-40-38-36-34-32-30-28-21-19-17-15-13-11-9-7-2/h8,10,14,16,20,22,24-25,27,29,40,42,47-48,52H,6-7,9,11-13,15,17-19,21,23,26,28,30-39,41,43-46H2,1-5H3,(H-,50,53,54,55)/p+1/b10-8-,16-14-,22-20-,25-24-,29-27-,42-40+. The van der Waals surface area contributed by atoms with Crippen molar-refractivity contribution in [1.82, 2.24) is 5.32 Å². The Hall–Kier alpha value is -2.06. The van der Waals surface area contributed by atoms with E-state index in [0.717, 1.165) is 89.9 Å². The predicted molar refractivity (Wildman–Crippen MR) is 249 cm³/mol. The van der Waals surface area contributed by atoms with Crippen LogP contribution in [0.1, 0.15) is 181 Å². The van der Waals surface area contributed by atoms with E-state index in [9.17, 15) is 19.4 Å². The zero-order valence-electron chi connectivity index (χ0n) is 38.0. The van der Waals surface area contributed by atoms with E-state index in [2.05, 4.69) is 79.9 Å². The predicted octanol–water partition coefficient (Wildman–Crippen LogP) is 13.2. The summed E-state index contributed by atoms with van der Waals surface area (Å²) in [5, 5.41) is 13.8. The van der Waals surface area contributed by atoms with Crippen LogP contribution in [0.5, 0.6) is 0 Å². The van der Waals surface area contributed by atoms with E-state index in [1.165, 1.54) is 70.6 Å². The second-order valence-electron chi connectivity index (χ2n) is 16.8. The summed E-state index contributed by atoms with van der Waals surface area (Å²) in [4.78, 5) is 23.1. The highest BCUT2D eigenvalue weighted by molar-refractivity contribution is 7.47. The van der Waals surface area contributed by atoms with Crippen LogP contribution >= 0.6 is 7.82 Å². The van der Waals surface area contributed by atoms with Crippen molar-refractivity contribution in [3.8, 4) is 0 Å². The average Bonchev–Trinajstić information content (AvgIpc) is 3.17. The summed E-state index contributed by atoms with van der Waals surface area (Å²) in [6.07, 6.45) is 53.9. The van der Waals surface area contributed by atoms with Gasteiger partial charge in [0, 0.05) is 6.42 Å². The first kappa shape index (κ1) is 55.9. The summed E-state index contributed by atoms with van der Waals surface area (Å²) in [5.41, 5.74) is 0. The monoisotopic (exact) mass is 834 g/mol. The number of carbonyl (C=O) groups excluding carboxylic acids is 1. The number of nitrogens with zero attached hydrogens (tertiary/aromatic N) is 1. The highest BCUT2D eigenvalue weighted by Gasteiger charge is 2.27. The van der Waals surface area contributed by atoms with E-state index in [0.29, 0.717) is 17.4 Å². The second-order valence-corrected chi connectivity index (χ2v) is 18.2. The summed E-state index contributed by atoms with van der Waals surface area (Å²) in [5.74, 6) is -0.199. The van der Waals surface area contributed by atoms with Crippen molar-refractivity contribution in [2.24, 2.45) is 0 Å². The number of carbonyl (C=O) groups is 1. The van der Waals surface area contributed by atoms with Gasteiger partial charge in [-0.1, -0.05) is 183 Å². The van der Waals surface area contributed by atoms with E-state index in [1.807, 2.05) is 27.2 Å². The van der Waals surface area contributed by atoms with Crippen molar-refractivity contribution in [2.45, 2.75) is 193 Å². The molecule has 0 radical (unpaired) electrons. The maximum atomic E-state index is 12.9. The van der Waals surface area contributed by atoms with Crippen LogP contribution in [-0.4, -0.2) is 73.4 Å². The van der Waals surface area contributed by atoms with Gasteiger partial charge in [0.15, 0.2) is 0 Å². The average molecular weight is 834 g/mol. The molecule has 0 fully saturated rings. The SMILES string of the molecule is CC/C=C\C/C=C\C/C=C\C/C=C\C/C=C\CCCCCCCC(=O)NC(COP(=O)(O)OCC[N+](C)(C)C)C(O)/C=C/CCCCCCCCCCCCCCC. The van der Waals surface area contributed by atoms with Crippen LogP contribution in [0.4, 0.5) is 0 Å². The van der Waals surface area contributed by atoms with Crippen molar-refractivity contribution < 1.29 is 32.9 Å². The highest BCUT2D eigenvalue weighted by Crippen LogP contribution is 2.43. The van der Waals surface area contributed by atoms with Gasteiger partial charge in [-0.2, -0.15) is 0 Å². The fourth-order valence-corrected chi connectivity index (χ4v) is 6.98. The molecule has 8 nitrogen and oxygen atoms in total. The number of hydrogen-bond donors (Lipinski definition) is 3. The van der Waals surface area contributed by atoms with Crippen LogP contribution in [0.15, 0.2) is 72.9 Å². The number of aliphatic hydroxyl groups is 1. The fraction of sp³-hybridized carbons (Fsp3) is 0.735. The Kier molecular flexibility index (Phi) is 38.9. The third kappa shape index (κ3) is 42.1. The number of phosphoric ester groups is 1. The molecule has 58 heavy (non-hydrogen) atoms. The first-order valence-corrected chi connectivity index (χ1v) is 24.8. The molecule has 0 aromatic heterocycles. The maximum Gasteiger partial charge on any atom is 0.472 e. The zero-order chi connectivity index (χ0) is 42.8. The highest BCUT2D eigenvalue weighted by atomic mass is 31.2. The van der Waals surface area contributed by atoms with Gasteiger partial charge in [-0.3, -0.25) is 13.8 Å². The lowest BCUT2D eigenvalue weighted by Gasteiger charge is -2.25. The lowest BCUT2D eigenvalue weighted by Crippen LogP contribution is -2.45. The first-order valence-electron chi connectivity index (χ1n) is 23.3. The molecule has 336 valence electrons. The minimum atomic E-state index is -4.35. The number of phosphoric acid groups is 1. The minimum Gasteiger partial charge on any atom is -0.387 e. The number of quaternary nitrogens is 1. The van der Waals surface area contributed by atoms with Gasteiger partial charge < -0.3 is 19.8 Å². The van der Waals surface area contributed by atoms with Gasteiger partial charge in [0.05, 0.1) is 39.9 Å². The molecule has 0 aliphatic carbocycles. The molecule has 0 rings (SSSR count). The number of aliphatic hydroxyl groups excluding tert-OH is 1. The van der Waals surface area contributed by atoms with Crippen molar-refractivity contribution in [2.75, 3.05) is 40.9 Å². The molecule has 0 aliphatic rings. The van der Waals surface area contributed by atoms with E-state index in [4.69, 9.17) is 9.05 Å². The number of nitrogens with one attached hydrogen (secondary N) is 1. The summed E-state index contributed by atoms with van der Waals surface area (Å²) in [6, 6.07) is -0.860. The largest absolute Gasteiger partial charge is 0.472 e. The molecule has 3 N–H and O–H groups in total. The van der Waals surface area contributed by atoms with Gasteiger partial charge in [-0.25, -0.2) is 4.57 Å². The Morgan fingerprint density at radius 1 is 0.603 bits per heavy atom. The smallest absolute Gasteiger partial charge is 0.387 e. The van der Waals surface area contributed by atoms with Crippen LogP contribution in [0.25, 0.3) is 0 Å². The lowest BCUT2D eigenvalue weighted by atomic mass is 10.0. The summed E-state index contributed by atoms with van der Waals surface area (Å²) in [6.45, 7) is 4.67. The van der Waals surface area contributed by atoms with Crippen LogP contribution < -0.4 is 5.32 Å². The molecule has 0 spiro atoms. The Labute approximate surface area is 357 Å². The van der Waals surface area contributed by atoms with Gasteiger partial charge >= 0.3 is 7.82 Å². The summed E-state index contributed by atoms with van der Waals surface area (Å²) >= 11 is 0. The van der Waals surface area contributed by atoms with Crippen LogP contribution in [0.2, 0.25) is 0 Å². The molecule has 0 saturated carbocycles. The van der Waals surface area contributed by atoms with Gasteiger partial charge in [0.2, 0.25) is 5.91 Å². The molecule has 0 aromatic rings. The molecule has 0 heterocycles. The zero-order valence-corrected chi connectivity index (χ0v) is 38.9. The van der Waals surface area contributed by atoms with E-state index >= 15 is 0 Å². The second kappa shape index (κ2) is 40.4. The fourth-order valence-electron chi connectivity index (χ4n) is 6.24. The number of amides is 1. The quantitative estimate of drug-likeness (QED) is 0.0245. The molecule has 0 bridgehead atoms. The number of unbranched alkanes of at least 4 members (excludes halogenated alkanes) is 18. The van der Waals surface area contributed by atoms with Crippen molar-refractivity contribution >= 4 is 13.7 Å². The van der Waals surface area contributed by atoms with E-state index in [-0.39, 0.29) is 19.1 Å². The minimum absolute atomic E-state index is 0.0538. The Bertz CT molecular complexity index is 1170. The first-order chi connectivity index (χ1) is 28.0. The molecule has 0 aliphatic heterocycles. The Morgan fingerprint density at radius 2 is 1.03 bits per heavy atom. The molecule has 9 heteroatoms. The molecule has 0 saturated heterocycles. The Balaban J connectivity index is 4.44. The molecule has 3 atom stereocenters. The van der Waals surface area contributed by atoms with Gasteiger partial charge in [-0.15, -0.1) is 0 Å². The topological polar surface area (TPSA) is 105 Å². The molecular formula is C49H90N2O6P+. The van der Waals surface area contributed by atoms with E-state index in [1.54, 1.807) is 6.08 Å². The normalized spacial score (nSPS) is 14.9. The maximum absolute atomic E-state index is 12.9. The van der Waals surface area contributed by atoms with Gasteiger partial charge in [-0.05, 0) is 64.2 Å². The van der Waals surface area contributed by atoms with E-state index < -0.39 is 20.0 Å². The number of rotatable bonds is 41. The van der Waals surface area contributed by atoms with Crippen molar-refractivity contribution in [3.63, 3.8) is 0 Å². The summed E-state index contributed by atoms with van der Waals surface area (Å²) < 4.78 is 23.6. The molecule has 0 aromatic carbocycles. The van der Waals surface area contributed by atoms with Crippen LogP contribution in [-0.2, 0) is 18.4 Å². The lowest BCUT2D eigenvalue weighted by molar-refractivity contribution is -0.870. The number of likely N-dealkylation sites (N-methyl/N-ethyl adjacent to an activating group) is 1. The van der Waals surface area contributed by atoms with Crippen molar-refractivity contribution in [3.05, 3.63) is 72.9 Å². The van der Waals surface area contributed by atoms with Crippen molar-refractivity contribution in [1.29, 1.82) is 0 Å². The molecular weight excluding hydrogens is 744 g/mol. The number of hydrogen-bond acceptors (Lipinski definition) is 5. The van der Waals surface area contributed by atoms with Crippen LogP contribution in [0, 0.1) is 0 Å². The van der Waals surface area contributed by atoms with Gasteiger partial charge in [0.1, 0.15) is 13.2 Å². The van der Waals surface area contributed by atoms with Gasteiger partial charge in [0.25, 0.3) is 0 Å². The van der Waals surface area contributed by atoms with Crippen LogP contribution in [0.3, 0.4) is 0 Å². The Morgan fingerprint density at radius 3 is 1.52 bits per heavy atom. The third-order valence-corrected chi connectivity index (χ3v) is 10.9.